The normalized spacial score (nSPS) is 17.1. The highest BCUT2D eigenvalue weighted by atomic mass is 32.1. The Labute approximate surface area is 91.8 Å². The second-order valence-electron chi connectivity index (χ2n) is 3.45. The monoisotopic (exact) mass is 224 g/mol. The van der Waals surface area contributed by atoms with Gasteiger partial charge in [0, 0.05) is 17.4 Å². The third-order valence-corrected chi connectivity index (χ3v) is 3.20. The van der Waals surface area contributed by atoms with Gasteiger partial charge in [-0.3, -0.25) is 4.79 Å². The van der Waals surface area contributed by atoms with E-state index in [2.05, 4.69) is 4.98 Å². The van der Waals surface area contributed by atoms with E-state index in [9.17, 15) is 4.79 Å². The van der Waals surface area contributed by atoms with E-state index in [1.54, 1.807) is 5.38 Å². The van der Waals surface area contributed by atoms with Crippen LogP contribution in [-0.2, 0) is 4.74 Å². The minimum atomic E-state index is -0.120. The largest absolute Gasteiger partial charge is 0.500 e. The fraction of sp³-hybridized carbons (Fsp3) is 0.400. The smallest absolute Gasteiger partial charge is 0.211 e. The fourth-order valence-electron chi connectivity index (χ4n) is 1.32. The molecule has 1 atom stereocenters. The molecule has 80 valence electrons. The summed E-state index contributed by atoms with van der Waals surface area (Å²) in [7, 11) is 0. The molecule has 2 rings (SSSR count). The Morgan fingerprint density at radius 2 is 2.53 bits per heavy atom. The first-order valence-electron chi connectivity index (χ1n) is 4.75. The van der Waals surface area contributed by atoms with E-state index in [1.165, 1.54) is 17.6 Å². The van der Waals surface area contributed by atoms with E-state index >= 15 is 0 Å². The van der Waals surface area contributed by atoms with Gasteiger partial charge in [0.1, 0.15) is 10.7 Å². The molecule has 1 aromatic rings. The third kappa shape index (κ3) is 2.08. The van der Waals surface area contributed by atoms with Crippen molar-refractivity contribution < 1.29 is 9.53 Å². The first-order valence-corrected chi connectivity index (χ1v) is 5.63. The number of Topliss-reactive ketones (excluding diaryl/α,β-unsaturated/α-hetero) is 1. The van der Waals surface area contributed by atoms with Crippen LogP contribution in [0.4, 0.5) is 0 Å². The van der Waals surface area contributed by atoms with Gasteiger partial charge in [-0.05, 0) is 6.92 Å². The minimum Gasteiger partial charge on any atom is -0.500 e. The molecule has 1 aliphatic heterocycles. The highest BCUT2D eigenvalue weighted by molar-refractivity contribution is 7.09. The zero-order chi connectivity index (χ0) is 10.8. The number of ether oxygens (including phenoxy) is 1. The Morgan fingerprint density at radius 3 is 3.07 bits per heavy atom. The molecule has 0 aromatic carbocycles. The zero-order valence-electron chi connectivity index (χ0n) is 8.40. The predicted molar refractivity (Wildman–Crippen MR) is 57.7 cm³/mol. The molecule has 2 heterocycles. The predicted octanol–water partition coefficient (Wildman–Crippen LogP) is 1.65. The Bertz CT molecular complexity index is 409. The molecule has 1 aliphatic rings. The number of aromatic nitrogens is 1. The van der Waals surface area contributed by atoms with E-state index in [0.29, 0.717) is 24.3 Å². The lowest BCUT2D eigenvalue weighted by atomic mass is 10.1. The van der Waals surface area contributed by atoms with Crippen LogP contribution in [-0.4, -0.2) is 17.4 Å². The minimum absolute atomic E-state index is 0.0457. The number of hydrogen-bond donors (Lipinski definition) is 1. The highest BCUT2D eigenvalue weighted by Gasteiger charge is 2.19. The first-order chi connectivity index (χ1) is 7.18. The van der Waals surface area contributed by atoms with Crippen LogP contribution >= 0.6 is 11.3 Å². The van der Waals surface area contributed by atoms with Crippen molar-refractivity contribution in [3.63, 3.8) is 0 Å². The van der Waals surface area contributed by atoms with Crippen molar-refractivity contribution in [3.05, 3.63) is 27.9 Å². The van der Waals surface area contributed by atoms with E-state index in [-0.39, 0.29) is 11.8 Å². The maximum atomic E-state index is 11.8. The summed E-state index contributed by atoms with van der Waals surface area (Å²) in [5.41, 5.74) is 6.85. The zero-order valence-corrected chi connectivity index (χ0v) is 9.21. The van der Waals surface area contributed by atoms with Crippen molar-refractivity contribution in [2.24, 2.45) is 5.73 Å². The number of nitrogens with zero attached hydrogens (tertiary/aromatic N) is 1. The second kappa shape index (κ2) is 4.12. The molecule has 0 saturated heterocycles. The standard InChI is InChI=1S/C10H12N2O2S/c1-6(11)10-12-8(5-15-10)9(13)7-2-3-14-4-7/h4-6H,2-3,11H2,1H3. The van der Waals surface area contributed by atoms with E-state index in [1.807, 2.05) is 6.92 Å². The summed E-state index contributed by atoms with van der Waals surface area (Å²) >= 11 is 1.42. The van der Waals surface area contributed by atoms with Crippen molar-refractivity contribution >= 4 is 17.1 Å². The molecule has 0 bridgehead atoms. The van der Waals surface area contributed by atoms with Gasteiger partial charge in [-0.2, -0.15) is 0 Å². The van der Waals surface area contributed by atoms with Crippen molar-refractivity contribution in [1.29, 1.82) is 0 Å². The maximum Gasteiger partial charge on any atom is 0.211 e. The Balaban J connectivity index is 2.18. The van der Waals surface area contributed by atoms with Crippen LogP contribution in [0.15, 0.2) is 17.2 Å². The number of rotatable bonds is 3. The SMILES string of the molecule is CC(N)c1nc(C(=O)C2=COCC2)cs1. The van der Waals surface area contributed by atoms with Crippen LogP contribution < -0.4 is 5.73 Å². The van der Waals surface area contributed by atoms with Gasteiger partial charge in [-0.1, -0.05) is 0 Å². The van der Waals surface area contributed by atoms with Crippen LogP contribution in [0.25, 0.3) is 0 Å². The molecule has 1 aromatic heterocycles. The molecule has 15 heavy (non-hydrogen) atoms. The van der Waals surface area contributed by atoms with E-state index < -0.39 is 0 Å². The van der Waals surface area contributed by atoms with Gasteiger partial charge >= 0.3 is 0 Å². The Hall–Kier alpha value is -1.20. The molecule has 0 amide bonds. The summed E-state index contributed by atoms with van der Waals surface area (Å²) < 4.78 is 5.02. The molecular weight excluding hydrogens is 212 g/mol. The molecule has 0 fully saturated rings. The van der Waals surface area contributed by atoms with Crippen LogP contribution in [0, 0.1) is 0 Å². The summed E-state index contributed by atoms with van der Waals surface area (Å²) in [6.07, 6.45) is 2.19. The first kappa shape index (κ1) is 10.3. The maximum absolute atomic E-state index is 11.8. The third-order valence-electron chi connectivity index (χ3n) is 2.15. The number of ketones is 1. The molecule has 1 unspecified atom stereocenters. The van der Waals surface area contributed by atoms with Gasteiger partial charge < -0.3 is 10.5 Å². The summed E-state index contributed by atoms with van der Waals surface area (Å²) in [6, 6.07) is -0.120. The van der Waals surface area contributed by atoms with Gasteiger partial charge in [-0.15, -0.1) is 11.3 Å². The molecule has 0 saturated carbocycles. The summed E-state index contributed by atoms with van der Waals surface area (Å²) in [4.78, 5) is 16.0. The summed E-state index contributed by atoms with van der Waals surface area (Å²) in [6.45, 7) is 2.44. The topological polar surface area (TPSA) is 65.2 Å². The van der Waals surface area contributed by atoms with Crippen molar-refractivity contribution in [2.75, 3.05) is 6.61 Å². The van der Waals surface area contributed by atoms with Crippen LogP contribution in [0.1, 0.15) is 34.9 Å². The summed E-state index contributed by atoms with van der Waals surface area (Å²) in [5, 5.41) is 2.54. The van der Waals surface area contributed by atoms with Crippen molar-refractivity contribution in [2.45, 2.75) is 19.4 Å². The number of thiazole rings is 1. The lowest BCUT2D eigenvalue weighted by Crippen LogP contribution is -2.07. The Morgan fingerprint density at radius 1 is 1.73 bits per heavy atom. The Kier molecular flexibility index (Phi) is 2.83. The van der Waals surface area contributed by atoms with Crippen molar-refractivity contribution in [1.82, 2.24) is 4.98 Å². The van der Waals surface area contributed by atoms with Crippen LogP contribution in [0.2, 0.25) is 0 Å². The van der Waals surface area contributed by atoms with Gasteiger partial charge in [-0.25, -0.2) is 4.98 Å². The lowest BCUT2D eigenvalue weighted by molar-refractivity contribution is 0.102. The van der Waals surface area contributed by atoms with Crippen molar-refractivity contribution in [3.8, 4) is 0 Å². The molecule has 0 spiro atoms. The fourth-order valence-corrected chi connectivity index (χ4v) is 2.08. The number of carbonyl (C=O) groups excluding carboxylic acids is 1. The van der Waals surface area contributed by atoms with Crippen LogP contribution in [0.3, 0.4) is 0 Å². The molecule has 0 radical (unpaired) electrons. The average Bonchev–Trinajstić information content (AvgIpc) is 2.88. The lowest BCUT2D eigenvalue weighted by Gasteiger charge is -1.97. The van der Waals surface area contributed by atoms with E-state index in [4.69, 9.17) is 10.5 Å². The molecule has 4 nitrogen and oxygen atoms in total. The molecule has 0 aliphatic carbocycles. The number of carbonyl (C=O) groups is 1. The molecule has 5 heteroatoms. The van der Waals surface area contributed by atoms with Gasteiger partial charge in [0.25, 0.3) is 0 Å². The highest BCUT2D eigenvalue weighted by Crippen LogP contribution is 2.21. The van der Waals surface area contributed by atoms with Gasteiger partial charge in [0.15, 0.2) is 0 Å². The number of hydrogen-bond acceptors (Lipinski definition) is 5. The average molecular weight is 224 g/mol. The van der Waals surface area contributed by atoms with Gasteiger partial charge in [0.05, 0.1) is 18.9 Å². The van der Waals surface area contributed by atoms with Crippen LogP contribution in [0.5, 0.6) is 0 Å². The van der Waals surface area contributed by atoms with E-state index in [0.717, 1.165) is 5.01 Å². The summed E-state index contributed by atoms with van der Waals surface area (Å²) in [5.74, 6) is -0.0457. The molecular formula is C10H12N2O2S. The second-order valence-corrected chi connectivity index (χ2v) is 4.34. The quantitative estimate of drug-likeness (QED) is 0.793. The van der Waals surface area contributed by atoms with Gasteiger partial charge in [0.2, 0.25) is 5.78 Å². The molecule has 2 N–H and O–H groups in total. The number of nitrogens with two attached hydrogens (primary N) is 1.